The lowest BCUT2D eigenvalue weighted by molar-refractivity contribution is -0.121. The van der Waals surface area contributed by atoms with E-state index in [9.17, 15) is 14.4 Å². The van der Waals surface area contributed by atoms with Crippen LogP contribution in [0.15, 0.2) is 78.9 Å². The van der Waals surface area contributed by atoms with E-state index in [4.69, 9.17) is 11.6 Å². The second kappa shape index (κ2) is 11.0. The van der Waals surface area contributed by atoms with Crippen molar-refractivity contribution in [2.45, 2.75) is 19.4 Å². The van der Waals surface area contributed by atoms with Crippen LogP contribution < -0.4 is 10.6 Å². The highest BCUT2D eigenvalue weighted by Crippen LogP contribution is 2.24. The molecular formula is C27H26ClN3O3. The molecule has 1 saturated heterocycles. The Labute approximate surface area is 203 Å². The highest BCUT2D eigenvalue weighted by atomic mass is 35.5. The van der Waals surface area contributed by atoms with Crippen molar-refractivity contribution in [1.82, 2.24) is 10.2 Å². The smallest absolute Gasteiger partial charge is 0.255 e. The molecular weight excluding hydrogens is 450 g/mol. The molecule has 0 atom stereocenters. The van der Waals surface area contributed by atoms with E-state index in [1.165, 1.54) is 0 Å². The zero-order valence-electron chi connectivity index (χ0n) is 18.7. The number of amides is 3. The molecule has 0 bridgehead atoms. The van der Waals surface area contributed by atoms with Gasteiger partial charge < -0.3 is 15.5 Å². The van der Waals surface area contributed by atoms with Crippen LogP contribution in [0.3, 0.4) is 0 Å². The SMILES string of the molecule is O=C(NCc1ccccc1)c1ccccc1NC(=O)C1CCN(C(=O)c2ccccc2Cl)CC1. The molecule has 1 fully saturated rings. The fourth-order valence-electron chi connectivity index (χ4n) is 4.05. The number of benzene rings is 3. The summed E-state index contributed by atoms with van der Waals surface area (Å²) in [5, 5.41) is 6.25. The van der Waals surface area contributed by atoms with Gasteiger partial charge >= 0.3 is 0 Å². The van der Waals surface area contributed by atoms with Crippen molar-refractivity contribution < 1.29 is 14.4 Å². The Balaban J connectivity index is 1.34. The molecule has 2 N–H and O–H groups in total. The van der Waals surface area contributed by atoms with Crippen LogP contribution in [0.1, 0.15) is 39.1 Å². The monoisotopic (exact) mass is 475 g/mol. The lowest BCUT2D eigenvalue weighted by atomic mass is 9.95. The minimum absolute atomic E-state index is 0.120. The third-order valence-corrected chi connectivity index (χ3v) is 6.31. The summed E-state index contributed by atoms with van der Waals surface area (Å²) < 4.78 is 0. The number of likely N-dealkylation sites (tertiary alicyclic amines) is 1. The van der Waals surface area contributed by atoms with Gasteiger partial charge in [-0.1, -0.05) is 66.2 Å². The summed E-state index contributed by atoms with van der Waals surface area (Å²) in [5.74, 6) is -0.756. The summed E-state index contributed by atoms with van der Waals surface area (Å²) in [4.78, 5) is 40.2. The van der Waals surface area contributed by atoms with Crippen molar-refractivity contribution in [2.24, 2.45) is 5.92 Å². The minimum Gasteiger partial charge on any atom is -0.348 e. The standard InChI is InChI=1S/C27H26ClN3O3/c28-23-12-6-4-10-21(23)27(34)31-16-14-20(15-17-31)25(32)30-24-13-7-5-11-22(24)26(33)29-18-19-8-2-1-3-9-19/h1-13,20H,14-18H2,(H,29,33)(H,30,32). The second-order valence-corrected chi connectivity index (χ2v) is 8.66. The molecule has 3 amide bonds. The van der Waals surface area contributed by atoms with Crippen LogP contribution in [0.25, 0.3) is 0 Å². The summed E-state index contributed by atoms with van der Waals surface area (Å²) in [6.45, 7) is 1.35. The number of nitrogens with zero attached hydrogens (tertiary/aromatic N) is 1. The molecule has 1 aliphatic rings. The zero-order chi connectivity index (χ0) is 23.9. The summed E-state index contributed by atoms with van der Waals surface area (Å²) >= 11 is 6.16. The minimum atomic E-state index is -0.250. The number of rotatable bonds is 6. The van der Waals surface area contributed by atoms with Gasteiger partial charge in [-0.2, -0.15) is 0 Å². The van der Waals surface area contributed by atoms with Gasteiger partial charge in [-0.05, 0) is 42.7 Å². The Hall–Kier alpha value is -3.64. The van der Waals surface area contributed by atoms with Gasteiger partial charge in [0.25, 0.3) is 11.8 Å². The first-order valence-corrected chi connectivity index (χ1v) is 11.7. The Morgan fingerprint density at radius 3 is 2.15 bits per heavy atom. The second-order valence-electron chi connectivity index (χ2n) is 8.25. The predicted molar refractivity (Wildman–Crippen MR) is 133 cm³/mol. The molecule has 0 aliphatic carbocycles. The molecule has 0 saturated carbocycles. The Morgan fingerprint density at radius 2 is 1.44 bits per heavy atom. The molecule has 34 heavy (non-hydrogen) atoms. The average Bonchev–Trinajstić information content (AvgIpc) is 2.88. The first kappa shape index (κ1) is 23.5. The number of carbonyl (C=O) groups excluding carboxylic acids is 3. The molecule has 174 valence electrons. The Bertz CT molecular complexity index is 1170. The maximum Gasteiger partial charge on any atom is 0.255 e. The van der Waals surface area contributed by atoms with Crippen molar-refractivity contribution in [3.8, 4) is 0 Å². The third kappa shape index (κ3) is 5.64. The quantitative estimate of drug-likeness (QED) is 0.539. The number of hydrogen-bond acceptors (Lipinski definition) is 3. The van der Waals surface area contributed by atoms with E-state index in [1.54, 1.807) is 53.4 Å². The van der Waals surface area contributed by atoms with Gasteiger partial charge in [0.1, 0.15) is 0 Å². The molecule has 1 aliphatic heterocycles. The van der Waals surface area contributed by atoms with E-state index < -0.39 is 0 Å². The topological polar surface area (TPSA) is 78.5 Å². The Morgan fingerprint density at radius 1 is 0.824 bits per heavy atom. The first-order chi connectivity index (χ1) is 16.5. The van der Waals surface area contributed by atoms with Crippen LogP contribution in [0.5, 0.6) is 0 Å². The fraction of sp³-hybridized carbons (Fsp3) is 0.222. The molecule has 4 rings (SSSR count). The number of piperidine rings is 1. The van der Waals surface area contributed by atoms with Gasteiger partial charge in [0.15, 0.2) is 0 Å². The number of nitrogens with one attached hydrogen (secondary N) is 2. The van der Waals surface area contributed by atoms with Crippen LogP contribution in [-0.4, -0.2) is 35.7 Å². The summed E-state index contributed by atoms with van der Waals surface area (Å²) in [6, 6.07) is 23.6. The lowest BCUT2D eigenvalue weighted by Crippen LogP contribution is -2.41. The van der Waals surface area contributed by atoms with Crippen LogP contribution in [0.2, 0.25) is 5.02 Å². The van der Waals surface area contributed by atoms with Crippen molar-refractivity contribution in [1.29, 1.82) is 0 Å². The zero-order valence-corrected chi connectivity index (χ0v) is 19.4. The number of halogens is 1. The van der Waals surface area contributed by atoms with Crippen LogP contribution in [-0.2, 0) is 11.3 Å². The average molecular weight is 476 g/mol. The molecule has 6 nitrogen and oxygen atoms in total. The van der Waals surface area contributed by atoms with E-state index in [0.717, 1.165) is 5.56 Å². The molecule has 3 aromatic rings. The maximum atomic E-state index is 13.0. The first-order valence-electron chi connectivity index (χ1n) is 11.3. The van der Waals surface area contributed by atoms with Crippen LogP contribution in [0.4, 0.5) is 5.69 Å². The van der Waals surface area contributed by atoms with Gasteiger partial charge in [0.2, 0.25) is 5.91 Å². The van der Waals surface area contributed by atoms with Crippen molar-refractivity contribution in [3.63, 3.8) is 0 Å². The van der Waals surface area contributed by atoms with Gasteiger partial charge in [-0.25, -0.2) is 0 Å². The molecule has 0 unspecified atom stereocenters. The van der Waals surface area contributed by atoms with Crippen LogP contribution >= 0.6 is 11.6 Å². The van der Waals surface area contributed by atoms with Gasteiger partial charge in [0.05, 0.1) is 21.8 Å². The largest absolute Gasteiger partial charge is 0.348 e. The van der Waals surface area contributed by atoms with E-state index in [1.807, 2.05) is 30.3 Å². The number of carbonyl (C=O) groups is 3. The summed E-state index contributed by atoms with van der Waals surface area (Å²) in [5.41, 5.74) is 2.36. The molecule has 7 heteroatoms. The fourth-order valence-corrected chi connectivity index (χ4v) is 4.26. The van der Waals surface area contributed by atoms with E-state index in [2.05, 4.69) is 10.6 Å². The highest BCUT2D eigenvalue weighted by molar-refractivity contribution is 6.33. The van der Waals surface area contributed by atoms with E-state index in [-0.39, 0.29) is 23.6 Å². The van der Waals surface area contributed by atoms with Gasteiger partial charge in [0, 0.05) is 25.6 Å². The third-order valence-electron chi connectivity index (χ3n) is 5.98. The summed E-state index contributed by atoms with van der Waals surface area (Å²) in [7, 11) is 0. The van der Waals surface area contributed by atoms with E-state index in [0.29, 0.717) is 54.3 Å². The van der Waals surface area contributed by atoms with E-state index >= 15 is 0 Å². The number of para-hydroxylation sites is 1. The molecule has 0 radical (unpaired) electrons. The molecule has 0 aromatic heterocycles. The van der Waals surface area contributed by atoms with Gasteiger partial charge in [-0.3, -0.25) is 14.4 Å². The van der Waals surface area contributed by atoms with Crippen molar-refractivity contribution in [3.05, 3.63) is 101 Å². The van der Waals surface area contributed by atoms with Crippen molar-refractivity contribution in [2.75, 3.05) is 18.4 Å². The predicted octanol–water partition coefficient (Wildman–Crippen LogP) is 4.76. The van der Waals surface area contributed by atoms with Gasteiger partial charge in [-0.15, -0.1) is 0 Å². The maximum absolute atomic E-state index is 13.0. The lowest BCUT2D eigenvalue weighted by Gasteiger charge is -2.31. The molecule has 1 heterocycles. The summed E-state index contributed by atoms with van der Waals surface area (Å²) in [6.07, 6.45) is 1.09. The number of anilines is 1. The highest BCUT2D eigenvalue weighted by Gasteiger charge is 2.29. The van der Waals surface area contributed by atoms with Crippen LogP contribution in [0, 0.1) is 5.92 Å². The number of hydrogen-bond donors (Lipinski definition) is 2. The normalized spacial score (nSPS) is 13.9. The Kier molecular flexibility index (Phi) is 7.60. The van der Waals surface area contributed by atoms with Crippen molar-refractivity contribution >= 4 is 35.0 Å². The molecule has 3 aromatic carbocycles. The molecule has 0 spiro atoms.